The van der Waals surface area contributed by atoms with E-state index < -0.39 is 0 Å². The fraction of sp³-hybridized carbons (Fsp3) is 0.450. The van der Waals surface area contributed by atoms with E-state index in [9.17, 15) is 9.50 Å². The van der Waals surface area contributed by atoms with Crippen LogP contribution in [0.4, 0.5) is 10.1 Å². The topological polar surface area (TPSA) is 51.6 Å². The maximum atomic E-state index is 13.9. The predicted octanol–water partition coefficient (Wildman–Crippen LogP) is 2.92. The van der Waals surface area contributed by atoms with Gasteiger partial charge in [-0.2, -0.15) is 0 Å². The lowest BCUT2D eigenvalue weighted by Gasteiger charge is -2.37. The Kier molecular flexibility index (Phi) is 6.06. The van der Waals surface area contributed by atoms with Gasteiger partial charge in [0.1, 0.15) is 11.6 Å². The SMILES string of the molecule is CCN1CCN(c2ccc(F)cc2C(C)NCc2ncccc2O)CC1. The molecule has 140 valence electrons. The van der Waals surface area contributed by atoms with Gasteiger partial charge < -0.3 is 20.2 Å². The number of likely N-dealkylation sites (N-methyl/N-ethyl adjacent to an activating group) is 1. The minimum atomic E-state index is -0.231. The molecule has 3 rings (SSSR count). The van der Waals surface area contributed by atoms with Crippen LogP contribution >= 0.6 is 0 Å². The van der Waals surface area contributed by atoms with E-state index in [2.05, 4.69) is 27.0 Å². The van der Waals surface area contributed by atoms with Gasteiger partial charge in [0.15, 0.2) is 0 Å². The van der Waals surface area contributed by atoms with Crippen molar-refractivity contribution >= 4 is 5.69 Å². The Balaban J connectivity index is 1.74. The molecule has 2 aromatic rings. The lowest BCUT2D eigenvalue weighted by Crippen LogP contribution is -2.46. The molecule has 0 saturated carbocycles. The standard InChI is InChI=1S/C20H27FN4O/c1-3-24-9-11-25(12-10-24)19-7-6-16(21)13-17(19)15(2)23-14-18-20(26)5-4-8-22-18/h4-8,13,15,23,26H,3,9-12,14H2,1-2H3. The average molecular weight is 358 g/mol. The van der Waals surface area contributed by atoms with Crippen molar-refractivity contribution in [2.24, 2.45) is 0 Å². The van der Waals surface area contributed by atoms with Crippen molar-refractivity contribution in [3.05, 3.63) is 53.6 Å². The van der Waals surface area contributed by atoms with Crippen molar-refractivity contribution in [1.82, 2.24) is 15.2 Å². The molecule has 2 heterocycles. The Hall–Kier alpha value is -2.18. The van der Waals surface area contributed by atoms with E-state index in [0.29, 0.717) is 12.2 Å². The van der Waals surface area contributed by atoms with E-state index in [-0.39, 0.29) is 17.6 Å². The van der Waals surface area contributed by atoms with Gasteiger partial charge in [-0.15, -0.1) is 0 Å². The maximum Gasteiger partial charge on any atom is 0.138 e. The molecule has 0 radical (unpaired) electrons. The molecule has 2 N–H and O–H groups in total. The second kappa shape index (κ2) is 8.47. The molecule has 1 aliphatic heterocycles. The molecule has 1 unspecified atom stereocenters. The number of nitrogens with zero attached hydrogens (tertiary/aromatic N) is 3. The molecule has 0 spiro atoms. The van der Waals surface area contributed by atoms with Gasteiger partial charge in [0.25, 0.3) is 0 Å². The van der Waals surface area contributed by atoms with E-state index in [1.54, 1.807) is 24.4 Å². The van der Waals surface area contributed by atoms with Crippen LogP contribution in [0.25, 0.3) is 0 Å². The van der Waals surface area contributed by atoms with Gasteiger partial charge >= 0.3 is 0 Å². The van der Waals surface area contributed by atoms with Crippen LogP contribution in [0.1, 0.15) is 31.1 Å². The number of pyridine rings is 1. The summed E-state index contributed by atoms with van der Waals surface area (Å²) >= 11 is 0. The molecular weight excluding hydrogens is 331 g/mol. The van der Waals surface area contributed by atoms with Crippen molar-refractivity contribution in [1.29, 1.82) is 0 Å². The van der Waals surface area contributed by atoms with Crippen molar-refractivity contribution in [2.75, 3.05) is 37.6 Å². The maximum absolute atomic E-state index is 13.9. The number of aromatic nitrogens is 1. The number of hydrogen-bond donors (Lipinski definition) is 2. The Labute approximate surface area is 154 Å². The number of aromatic hydroxyl groups is 1. The van der Waals surface area contributed by atoms with Crippen molar-refractivity contribution in [3.63, 3.8) is 0 Å². The number of halogens is 1. The molecule has 0 aliphatic carbocycles. The second-order valence-corrected chi connectivity index (χ2v) is 6.70. The summed E-state index contributed by atoms with van der Waals surface area (Å²) < 4.78 is 13.9. The molecule has 1 saturated heterocycles. The van der Waals surface area contributed by atoms with Gasteiger partial charge in [0, 0.05) is 50.6 Å². The quantitative estimate of drug-likeness (QED) is 0.832. The monoisotopic (exact) mass is 358 g/mol. The van der Waals surface area contributed by atoms with Crippen LogP contribution in [0.2, 0.25) is 0 Å². The highest BCUT2D eigenvalue weighted by molar-refractivity contribution is 5.55. The molecule has 1 aliphatic rings. The summed E-state index contributed by atoms with van der Waals surface area (Å²) in [6.07, 6.45) is 1.65. The second-order valence-electron chi connectivity index (χ2n) is 6.70. The zero-order valence-corrected chi connectivity index (χ0v) is 15.5. The van der Waals surface area contributed by atoms with Crippen molar-refractivity contribution in [3.8, 4) is 5.75 Å². The summed E-state index contributed by atoms with van der Waals surface area (Å²) in [6, 6.07) is 8.27. The summed E-state index contributed by atoms with van der Waals surface area (Å²) in [5, 5.41) is 13.2. The smallest absolute Gasteiger partial charge is 0.138 e. The summed E-state index contributed by atoms with van der Waals surface area (Å²) in [4.78, 5) is 8.94. The molecular formula is C20H27FN4O. The van der Waals surface area contributed by atoms with Gasteiger partial charge in [-0.1, -0.05) is 6.92 Å². The van der Waals surface area contributed by atoms with Gasteiger partial charge in [-0.05, 0) is 49.4 Å². The van der Waals surface area contributed by atoms with Crippen LogP contribution < -0.4 is 10.2 Å². The van der Waals surface area contributed by atoms with Crippen molar-refractivity contribution < 1.29 is 9.50 Å². The van der Waals surface area contributed by atoms with E-state index >= 15 is 0 Å². The summed E-state index contributed by atoms with van der Waals surface area (Å²) in [5.74, 6) is -0.0624. The molecule has 0 amide bonds. The average Bonchev–Trinajstić information content (AvgIpc) is 2.67. The Morgan fingerprint density at radius 1 is 1.23 bits per heavy atom. The lowest BCUT2D eigenvalue weighted by molar-refractivity contribution is 0.271. The number of piperazine rings is 1. The zero-order valence-electron chi connectivity index (χ0n) is 15.5. The van der Waals surface area contributed by atoms with Crippen LogP contribution in [0, 0.1) is 5.82 Å². The van der Waals surface area contributed by atoms with Crippen LogP contribution in [-0.2, 0) is 6.54 Å². The highest BCUT2D eigenvalue weighted by Gasteiger charge is 2.21. The zero-order chi connectivity index (χ0) is 18.5. The first-order chi connectivity index (χ1) is 12.6. The number of benzene rings is 1. The first-order valence-electron chi connectivity index (χ1n) is 9.21. The van der Waals surface area contributed by atoms with Crippen molar-refractivity contribution in [2.45, 2.75) is 26.4 Å². The first kappa shape index (κ1) is 18.6. The lowest BCUT2D eigenvalue weighted by atomic mass is 10.0. The minimum Gasteiger partial charge on any atom is -0.506 e. The largest absolute Gasteiger partial charge is 0.506 e. The number of nitrogens with one attached hydrogen (secondary N) is 1. The normalized spacial score (nSPS) is 16.7. The molecule has 1 fully saturated rings. The molecule has 1 atom stereocenters. The van der Waals surface area contributed by atoms with Gasteiger partial charge in [0.2, 0.25) is 0 Å². The fourth-order valence-corrected chi connectivity index (χ4v) is 3.39. The van der Waals surface area contributed by atoms with E-state index in [4.69, 9.17) is 0 Å². The van der Waals surface area contributed by atoms with Crippen LogP contribution in [-0.4, -0.2) is 47.7 Å². The Morgan fingerprint density at radius 2 is 2.00 bits per heavy atom. The summed E-state index contributed by atoms with van der Waals surface area (Å²) in [5.41, 5.74) is 2.60. The molecule has 5 nitrogen and oxygen atoms in total. The van der Waals surface area contributed by atoms with E-state index in [1.165, 1.54) is 6.07 Å². The summed E-state index contributed by atoms with van der Waals surface area (Å²) in [6.45, 7) is 9.62. The Morgan fingerprint density at radius 3 is 2.69 bits per heavy atom. The van der Waals surface area contributed by atoms with Gasteiger partial charge in [-0.25, -0.2) is 4.39 Å². The number of hydrogen-bond acceptors (Lipinski definition) is 5. The number of anilines is 1. The Bertz CT molecular complexity index is 732. The third-order valence-corrected chi connectivity index (χ3v) is 5.06. The first-order valence-corrected chi connectivity index (χ1v) is 9.21. The minimum absolute atomic E-state index is 0.0636. The highest BCUT2D eigenvalue weighted by Crippen LogP contribution is 2.29. The summed E-state index contributed by atoms with van der Waals surface area (Å²) in [7, 11) is 0. The third kappa shape index (κ3) is 4.31. The molecule has 6 heteroatoms. The van der Waals surface area contributed by atoms with Gasteiger partial charge in [-0.3, -0.25) is 4.98 Å². The van der Waals surface area contributed by atoms with Crippen LogP contribution in [0.5, 0.6) is 5.75 Å². The molecule has 1 aromatic carbocycles. The molecule has 0 bridgehead atoms. The third-order valence-electron chi connectivity index (χ3n) is 5.06. The fourth-order valence-electron chi connectivity index (χ4n) is 3.39. The molecule has 1 aromatic heterocycles. The van der Waals surface area contributed by atoms with E-state index in [0.717, 1.165) is 44.0 Å². The number of rotatable bonds is 6. The van der Waals surface area contributed by atoms with Crippen LogP contribution in [0.3, 0.4) is 0 Å². The highest BCUT2D eigenvalue weighted by atomic mass is 19.1. The van der Waals surface area contributed by atoms with E-state index in [1.807, 2.05) is 13.0 Å². The molecule has 26 heavy (non-hydrogen) atoms. The van der Waals surface area contributed by atoms with Gasteiger partial charge in [0.05, 0.1) is 5.69 Å². The predicted molar refractivity (Wildman–Crippen MR) is 102 cm³/mol. The van der Waals surface area contributed by atoms with Crippen LogP contribution in [0.15, 0.2) is 36.5 Å².